The predicted octanol–water partition coefficient (Wildman–Crippen LogP) is 2.52. The van der Waals surface area contributed by atoms with Crippen molar-refractivity contribution in [1.82, 2.24) is 15.5 Å². The Labute approximate surface area is 183 Å². The lowest BCUT2D eigenvalue weighted by Gasteiger charge is -2.31. The van der Waals surface area contributed by atoms with E-state index in [1.807, 2.05) is 56.3 Å². The van der Waals surface area contributed by atoms with Crippen molar-refractivity contribution in [2.75, 3.05) is 18.9 Å². The fourth-order valence-corrected chi connectivity index (χ4v) is 3.96. The van der Waals surface area contributed by atoms with E-state index in [4.69, 9.17) is 0 Å². The third-order valence-corrected chi connectivity index (χ3v) is 5.94. The second-order valence-corrected chi connectivity index (χ2v) is 8.45. The monoisotopic (exact) mass is 424 g/mol. The van der Waals surface area contributed by atoms with E-state index in [1.165, 1.54) is 0 Å². The number of likely N-dealkylation sites (N-methyl/N-ethyl adjacent to an activating group) is 1. The molecular weight excluding hydrogens is 392 g/mol. The van der Waals surface area contributed by atoms with Gasteiger partial charge in [-0.3, -0.25) is 14.4 Å². The van der Waals surface area contributed by atoms with Gasteiger partial charge in [-0.05, 0) is 44.2 Å². The van der Waals surface area contributed by atoms with Gasteiger partial charge in [0.15, 0.2) is 0 Å². The molecule has 0 aromatic heterocycles. The molecule has 0 aliphatic carbocycles. The van der Waals surface area contributed by atoms with Crippen LogP contribution in [-0.4, -0.2) is 54.3 Å². The Balaban J connectivity index is 1.76. The number of hydrogen-bond acceptors (Lipinski definition) is 4. The maximum atomic E-state index is 13.3. The Morgan fingerprint density at radius 2 is 1.74 bits per heavy atom. The first-order valence-electron chi connectivity index (χ1n) is 10.9. The standard InChI is InChI=1S/C24H32N4O3/c1-15(2)21(27-22(29)16(3)25-4)24(31)28-14-8-13-20(28)23(30)26-19-12-7-10-17-9-5-6-11-18(17)19/h5-7,9-12,15-16,20-21,25H,8,13-14H2,1-4H3,(H,26,30)(H,27,29)/t16-,20-,21+/m0/s1. The Morgan fingerprint density at radius 3 is 2.45 bits per heavy atom. The Kier molecular flexibility index (Phi) is 7.28. The van der Waals surface area contributed by atoms with Crippen LogP contribution in [0.5, 0.6) is 0 Å². The molecule has 1 aliphatic heterocycles. The normalized spacial score (nSPS) is 18.1. The predicted molar refractivity (Wildman–Crippen MR) is 123 cm³/mol. The zero-order chi connectivity index (χ0) is 22.5. The number of hydrogen-bond donors (Lipinski definition) is 3. The SMILES string of the molecule is CN[C@@H](C)C(=O)N[C@@H](C(=O)N1CCC[C@H]1C(=O)Nc1cccc2ccccc12)C(C)C. The molecule has 7 heteroatoms. The zero-order valence-corrected chi connectivity index (χ0v) is 18.6. The topological polar surface area (TPSA) is 90.5 Å². The van der Waals surface area contributed by atoms with Gasteiger partial charge < -0.3 is 20.9 Å². The van der Waals surface area contributed by atoms with Crippen LogP contribution in [0, 0.1) is 5.92 Å². The number of amides is 3. The van der Waals surface area contributed by atoms with Gasteiger partial charge in [-0.2, -0.15) is 0 Å². The highest BCUT2D eigenvalue weighted by atomic mass is 16.2. The minimum Gasteiger partial charge on any atom is -0.343 e. The van der Waals surface area contributed by atoms with Gasteiger partial charge in [-0.25, -0.2) is 0 Å². The van der Waals surface area contributed by atoms with E-state index in [0.717, 1.165) is 22.9 Å². The average Bonchev–Trinajstić information content (AvgIpc) is 3.26. The summed E-state index contributed by atoms with van der Waals surface area (Å²) in [4.78, 5) is 40.5. The lowest BCUT2D eigenvalue weighted by Crippen LogP contribution is -2.56. The summed E-state index contributed by atoms with van der Waals surface area (Å²) in [5, 5.41) is 10.8. The minimum absolute atomic E-state index is 0.0946. The fourth-order valence-electron chi connectivity index (χ4n) is 3.96. The third-order valence-electron chi connectivity index (χ3n) is 5.94. The highest BCUT2D eigenvalue weighted by molar-refractivity contribution is 6.05. The highest BCUT2D eigenvalue weighted by Crippen LogP contribution is 2.26. The van der Waals surface area contributed by atoms with E-state index in [2.05, 4.69) is 16.0 Å². The van der Waals surface area contributed by atoms with Gasteiger partial charge in [0.1, 0.15) is 12.1 Å². The smallest absolute Gasteiger partial charge is 0.247 e. The van der Waals surface area contributed by atoms with E-state index in [0.29, 0.717) is 13.0 Å². The summed E-state index contributed by atoms with van der Waals surface area (Å²) < 4.78 is 0. The molecule has 0 unspecified atom stereocenters. The van der Waals surface area contributed by atoms with Crippen LogP contribution in [0.4, 0.5) is 5.69 Å². The molecule has 3 N–H and O–H groups in total. The van der Waals surface area contributed by atoms with Crippen LogP contribution in [0.25, 0.3) is 10.8 Å². The molecule has 1 heterocycles. The maximum absolute atomic E-state index is 13.3. The van der Waals surface area contributed by atoms with Gasteiger partial charge in [0.25, 0.3) is 0 Å². The van der Waals surface area contributed by atoms with Gasteiger partial charge in [0, 0.05) is 17.6 Å². The largest absolute Gasteiger partial charge is 0.343 e. The summed E-state index contributed by atoms with van der Waals surface area (Å²) in [6, 6.07) is 12.0. The maximum Gasteiger partial charge on any atom is 0.247 e. The molecule has 31 heavy (non-hydrogen) atoms. The average molecular weight is 425 g/mol. The number of rotatable bonds is 7. The number of nitrogens with zero attached hydrogens (tertiary/aromatic N) is 1. The molecule has 1 saturated heterocycles. The molecule has 2 aromatic rings. The molecule has 3 atom stereocenters. The second kappa shape index (κ2) is 9.92. The summed E-state index contributed by atoms with van der Waals surface area (Å²) >= 11 is 0. The first-order chi connectivity index (χ1) is 14.8. The number of likely N-dealkylation sites (tertiary alicyclic amines) is 1. The Bertz CT molecular complexity index is 953. The molecule has 0 bridgehead atoms. The first-order valence-corrected chi connectivity index (χ1v) is 10.9. The Morgan fingerprint density at radius 1 is 1.03 bits per heavy atom. The molecule has 3 rings (SSSR count). The van der Waals surface area contributed by atoms with Crippen LogP contribution in [0.15, 0.2) is 42.5 Å². The van der Waals surface area contributed by atoms with Crippen molar-refractivity contribution in [3.63, 3.8) is 0 Å². The van der Waals surface area contributed by atoms with Crippen molar-refractivity contribution in [3.8, 4) is 0 Å². The lowest BCUT2D eigenvalue weighted by atomic mass is 10.0. The van der Waals surface area contributed by atoms with Gasteiger partial charge in [-0.1, -0.05) is 50.2 Å². The molecule has 0 spiro atoms. The van der Waals surface area contributed by atoms with E-state index < -0.39 is 18.1 Å². The number of carbonyl (C=O) groups is 3. The highest BCUT2D eigenvalue weighted by Gasteiger charge is 2.39. The third kappa shape index (κ3) is 5.05. The van der Waals surface area contributed by atoms with E-state index in [1.54, 1.807) is 18.9 Å². The Hall–Kier alpha value is -2.93. The van der Waals surface area contributed by atoms with Crippen molar-refractivity contribution in [1.29, 1.82) is 0 Å². The van der Waals surface area contributed by atoms with E-state index in [9.17, 15) is 14.4 Å². The molecule has 0 radical (unpaired) electrons. The lowest BCUT2D eigenvalue weighted by molar-refractivity contribution is -0.141. The van der Waals surface area contributed by atoms with E-state index >= 15 is 0 Å². The number of nitrogens with one attached hydrogen (secondary N) is 3. The molecule has 0 saturated carbocycles. The summed E-state index contributed by atoms with van der Waals surface area (Å²) in [5.74, 6) is -0.727. The van der Waals surface area contributed by atoms with Crippen molar-refractivity contribution in [3.05, 3.63) is 42.5 Å². The van der Waals surface area contributed by atoms with Gasteiger partial charge in [0.05, 0.1) is 6.04 Å². The van der Waals surface area contributed by atoms with Crippen molar-refractivity contribution in [2.24, 2.45) is 5.92 Å². The zero-order valence-electron chi connectivity index (χ0n) is 18.6. The van der Waals surface area contributed by atoms with Crippen LogP contribution in [0.1, 0.15) is 33.6 Å². The summed E-state index contributed by atoms with van der Waals surface area (Å²) in [5.41, 5.74) is 0.735. The van der Waals surface area contributed by atoms with Crippen LogP contribution in [0.2, 0.25) is 0 Å². The first kappa shape index (κ1) is 22.7. The molecule has 2 aromatic carbocycles. The van der Waals surface area contributed by atoms with Gasteiger partial charge in [0.2, 0.25) is 17.7 Å². The second-order valence-electron chi connectivity index (χ2n) is 8.45. The molecule has 1 aliphatic rings. The molecule has 1 fully saturated rings. The molecule has 3 amide bonds. The number of fused-ring (bicyclic) bond motifs is 1. The summed E-state index contributed by atoms with van der Waals surface area (Å²) in [6.07, 6.45) is 1.36. The van der Waals surface area contributed by atoms with Crippen LogP contribution in [0.3, 0.4) is 0 Å². The summed E-state index contributed by atoms with van der Waals surface area (Å²) in [6.45, 7) is 6.04. The number of benzene rings is 2. The van der Waals surface area contributed by atoms with Crippen molar-refractivity contribution < 1.29 is 14.4 Å². The van der Waals surface area contributed by atoms with Crippen LogP contribution < -0.4 is 16.0 Å². The number of carbonyl (C=O) groups excluding carboxylic acids is 3. The summed E-state index contributed by atoms with van der Waals surface area (Å²) in [7, 11) is 1.70. The van der Waals surface area contributed by atoms with Crippen LogP contribution in [-0.2, 0) is 14.4 Å². The van der Waals surface area contributed by atoms with Crippen molar-refractivity contribution >= 4 is 34.2 Å². The quantitative estimate of drug-likeness (QED) is 0.637. The molecular formula is C24H32N4O3. The van der Waals surface area contributed by atoms with Crippen LogP contribution >= 0.6 is 0 Å². The molecule has 7 nitrogen and oxygen atoms in total. The van der Waals surface area contributed by atoms with Crippen molar-refractivity contribution in [2.45, 2.75) is 51.7 Å². The molecule has 166 valence electrons. The van der Waals surface area contributed by atoms with Gasteiger partial charge in [-0.15, -0.1) is 0 Å². The van der Waals surface area contributed by atoms with E-state index in [-0.39, 0.29) is 23.6 Å². The fraction of sp³-hybridized carbons (Fsp3) is 0.458. The minimum atomic E-state index is -0.672. The van der Waals surface area contributed by atoms with Gasteiger partial charge >= 0.3 is 0 Å². The number of anilines is 1.